The zero-order valence-electron chi connectivity index (χ0n) is 12.8. The Kier molecular flexibility index (Phi) is 3.87. The van der Waals surface area contributed by atoms with Gasteiger partial charge in [-0.15, -0.1) is 0 Å². The molecule has 0 bridgehead atoms. The molecule has 5 nitrogen and oxygen atoms in total. The van der Waals surface area contributed by atoms with Crippen molar-refractivity contribution in [2.75, 3.05) is 11.9 Å². The predicted octanol–water partition coefficient (Wildman–Crippen LogP) is 4.56. The first kappa shape index (κ1) is 15.0. The minimum Gasteiger partial charge on any atom is -0.494 e. The summed E-state index contributed by atoms with van der Waals surface area (Å²) in [5.41, 5.74) is 1.67. The summed E-state index contributed by atoms with van der Waals surface area (Å²) in [6, 6.07) is 13.3. The number of aromatic nitrogens is 2. The minimum atomic E-state index is -0.183. The Morgan fingerprint density at radius 1 is 1.21 bits per heavy atom. The van der Waals surface area contributed by atoms with E-state index in [0.29, 0.717) is 16.6 Å². The molecule has 1 amide bonds. The third-order valence-corrected chi connectivity index (χ3v) is 5.29. The van der Waals surface area contributed by atoms with Crippen LogP contribution in [0.5, 0.6) is 5.75 Å². The van der Waals surface area contributed by atoms with Crippen molar-refractivity contribution >= 4 is 55.0 Å². The van der Waals surface area contributed by atoms with Gasteiger partial charge < -0.3 is 4.74 Å². The predicted molar refractivity (Wildman–Crippen MR) is 98.4 cm³/mol. The lowest BCUT2D eigenvalue weighted by molar-refractivity contribution is 0.103. The number of rotatable bonds is 4. The van der Waals surface area contributed by atoms with Crippen LogP contribution in [0, 0.1) is 0 Å². The van der Waals surface area contributed by atoms with Crippen LogP contribution in [-0.2, 0) is 0 Å². The van der Waals surface area contributed by atoms with Gasteiger partial charge in [0, 0.05) is 5.39 Å². The summed E-state index contributed by atoms with van der Waals surface area (Å²) in [4.78, 5) is 17.6. The van der Waals surface area contributed by atoms with E-state index in [4.69, 9.17) is 4.74 Å². The second-order valence-corrected chi connectivity index (χ2v) is 6.87. The van der Waals surface area contributed by atoms with Gasteiger partial charge in [0.05, 0.1) is 22.3 Å². The molecule has 0 saturated heterocycles. The van der Waals surface area contributed by atoms with Crippen LogP contribution in [-0.4, -0.2) is 21.9 Å². The molecule has 0 saturated carbocycles. The molecule has 0 unspecified atom stereocenters. The number of carbonyl (C=O) groups excluding carboxylic acids is 1. The third kappa shape index (κ3) is 2.72. The van der Waals surface area contributed by atoms with Gasteiger partial charge in [-0.25, -0.2) is 4.98 Å². The molecule has 7 heteroatoms. The van der Waals surface area contributed by atoms with Gasteiger partial charge in [-0.2, -0.15) is 4.37 Å². The summed E-state index contributed by atoms with van der Waals surface area (Å²) in [6.45, 7) is 2.56. The van der Waals surface area contributed by atoms with Crippen LogP contribution in [0.3, 0.4) is 0 Å². The SMILES string of the molecule is CCOc1ccc2nc(NC(=O)c3snc4ccccc34)sc2c1. The molecule has 4 rings (SSSR count). The van der Waals surface area contributed by atoms with Crippen LogP contribution in [0.2, 0.25) is 0 Å². The quantitative estimate of drug-likeness (QED) is 0.583. The molecule has 120 valence electrons. The molecule has 0 spiro atoms. The number of anilines is 1. The number of nitrogens with zero attached hydrogens (tertiary/aromatic N) is 2. The standard InChI is InChI=1S/C17H13N3O2S2/c1-2-22-10-7-8-13-14(9-10)23-17(18-13)19-16(21)15-11-5-3-4-6-12(11)20-24-15/h3-9H,2H2,1H3,(H,18,19,21). The first-order valence-electron chi connectivity index (χ1n) is 7.44. The van der Waals surface area contributed by atoms with Crippen LogP contribution in [0.25, 0.3) is 21.1 Å². The average molecular weight is 355 g/mol. The van der Waals surface area contributed by atoms with Gasteiger partial charge in [-0.1, -0.05) is 29.5 Å². The van der Waals surface area contributed by atoms with Gasteiger partial charge in [0.2, 0.25) is 0 Å². The summed E-state index contributed by atoms with van der Waals surface area (Å²) < 4.78 is 10.8. The van der Waals surface area contributed by atoms with Gasteiger partial charge in [0.25, 0.3) is 5.91 Å². The van der Waals surface area contributed by atoms with E-state index in [1.165, 1.54) is 22.9 Å². The minimum absolute atomic E-state index is 0.183. The number of hydrogen-bond donors (Lipinski definition) is 1. The molecule has 2 aromatic heterocycles. The highest BCUT2D eigenvalue weighted by Crippen LogP contribution is 2.30. The highest BCUT2D eigenvalue weighted by molar-refractivity contribution is 7.22. The number of hydrogen-bond acceptors (Lipinski definition) is 6. The fraction of sp³-hybridized carbons (Fsp3) is 0.118. The van der Waals surface area contributed by atoms with E-state index in [9.17, 15) is 4.79 Å². The maximum absolute atomic E-state index is 12.5. The normalized spacial score (nSPS) is 11.0. The third-order valence-electron chi connectivity index (χ3n) is 3.48. The Morgan fingerprint density at radius 2 is 2.08 bits per heavy atom. The highest BCUT2D eigenvalue weighted by atomic mass is 32.1. The molecule has 24 heavy (non-hydrogen) atoms. The fourth-order valence-electron chi connectivity index (χ4n) is 2.42. The van der Waals surface area contributed by atoms with Crippen molar-refractivity contribution in [3.8, 4) is 5.75 Å². The van der Waals surface area contributed by atoms with Crippen LogP contribution in [0.4, 0.5) is 5.13 Å². The van der Waals surface area contributed by atoms with Gasteiger partial charge in [-0.05, 0) is 42.7 Å². The van der Waals surface area contributed by atoms with E-state index in [0.717, 1.165) is 26.9 Å². The second-order valence-electron chi connectivity index (χ2n) is 5.06. The topological polar surface area (TPSA) is 64.1 Å². The summed E-state index contributed by atoms with van der Waals surface area (Å²) in [7, 11) is 0. The van der Waals surface area contributed by atoms with E-state index in [-0.39, 0.29) is 5.91 Å². The van der Waals surface area contributed by atoms with Gasteiger partial charge in [0.15, 0.2) is 5.13 Å². The second kappa shape index (κ2) is 6.18. The molecule has 0 radical (unpaired) electrons. The van der Waals surface area contributed by atoms with Crippen LogP contribution in [0.15, 0.2) is 42.5 Å². The van der Waals surface area contributed by atoms with E-state index >= 15 is 0 Å². The summed E-state index contributed by atoms with van der Waals surface area (Å²) in [5, 5.41) is 4.31. The van der Waals surface area contributed by atoms with E-state index in [2.05, 4.69) is 14.7 Å². The van der Waals surface area contributed by atoms with E-state index in [1.807, 2.05) is 49.4 Å². The molecule has 1 N–H and O–H groups in total. The first-order valence-corrected chi connectivity index (χ1v) is 9.03. The maximum Gasteiger partial charge on any atom is 0.269 e. The van der Waals surface area contributed by atoms with Crippen LogP contribution < -0.4 is 10.1 Å². The van der Waals surface area contributed by atoms with Crippen molar-refractivity contribution < 1.29 is 9.53 Å². The van der Waals surface area contributed by atoms with Crippen molar-refractivity contribution in [1.82, 2.24) is 9.36 Å². The zero-order valence-corrected chi connectivity index (χ0v) is 14.4. The summed E-state index contributed by atoms with van der Waals surface area (Å²) in [6.07, 6.45) is 0. The van der Waals surface area contributed by atoms with E-state index in [1.54, 1.807) is 0 Å². The van der Waals surface area contributed by atoms with Gasteiger partial charge >= 0.3 is 0 Å². The van der Waals surface area contributed by atoms with Crippen LogP contribution >= 0.6 is 22.9 Å². The molecular weight excluding hydrogens is 342 g/mol. The van der Waals surface area contributed by atoms with Gasteiger partial charge in [0.1, 0.15) is 10.6 Å². The number of amides is 1. The van der Waals surface area contributed by atoms with Gasteiger partial charge in [-0.3, -0.25) is 10.1 Å². The number of thiazole rings is 1. The molecule has 0 atom stereocenters. The highest BCUT2D eigenvalue weighted by Gasteiger charge is 2.16. The first-order chi connectivity index (χ1) is 11.7. The van der Waals surface area contributed by atoms with E-state index < -0.39 is 0 Å². The van der Waals surface area contributed by atoms with Crippen molar-refractivity contribution in [3.63, 3.8) is 0 Å². The lowest BCUT2D eigenvalue weighted by atomic mass is 10.2. The molecule has 0 aliphatic rings. The Morgan fingerprint density at radius 3 is 2.96 bits per heavy atom. The number of nitrogens with one attached hydrogen (secondary N) is 1. The zero-order chi connectivity index (χ0) is 16.5. The molecule has 0 aliphatic carbocycles. The molecule has 0 aliphatic heterocycles. The molecule has 0 fully saturated rings. The number of carbonyl (C=O) groups is 1. The number of fused-ring (bicyclic) bond motifs is 2. The monoisotopic (exact) mass is 355 g/mol. The van der Waals surface area contributed by atoms with Crippen molar-refractivity contribution in [1.29, 1.82) is 0 Å². The molecule has 4 aromatic rings. The Bertz CT molecular complexity index is 1040. The van der Waals surface area contributed by atoms with Crippen molar-refractivity contribution in [2.24, 2.45) is 0 Å². The number of ether oxygens (including phenoxy) is 1. The molecule has 2 heterocycles. The number of benzene rings is 2. The summed E-state index contributed by atoms with van der Waals surface area (Å²) in [5.74, 6) is 0.623. The maximum atomic E-state index is 12.5. The average Bonchev–Trinajstić information content (AvgIpc) is 3.18. The lowest BCUT2D eigenvalue weighted by Crippen LogP contribution is -2.10. The largest absolute Gasteiger partial charge is 0.494 e. The van der Waals surface area contributed by atoms with Crippen LogP contribution in [0.1, 0.15) is 16.6 Å². The smallest absolute Gasteiger partial charge is 0.269 e. The van der Waals surface area contributed by atoms with Crippen molar-refractivity contribution in [3.05, 3.63) is 47.3 Å². The molecule has 2 aromatic carbocycles. The Hall–Kier alpha value is -2.51. The Balaban J connectivity index is 1.62. The summed E-state index contributed by atoms with van der Waals surface area (Å²) >= 11 is 2.63. The lowest BCUT2D eigenvalue weighted by Gasteiger charge is -2.00. The Labute approximate surface area is 146 Å². The fourth-order valence-corrected chi connectivity index (χ4v) is 4.06. The molecular formula is C17H13N3O2S2. The van der Waals surface area contributed by atoms with Crippen molar-refractivity contribution in [2.45, 2.75) is 6.92 Å².